The van der Waals surface area contributed by atoms with Gasteiger partial charge in [-0.1, -0.05) is 69.4 Å². The first kappa shape index (κ1) is 13.9. The molecule has 0 bridgehead atoms. The van der Waals surface area contributed by atoms with E-state index >= 15 is 0 Å². The molecule has 115 valence electrons. The average molecular weight is 484 g/mol. The number of pyridine rings is 1. The van der Waals surface area contributed by atoms with Gasteiger partial charge in [0.2, 0.25) is 0 Å². The topological polar surface area (TPSA) is 17.3 Å². The summed E-state index contributed by atoms with van der Waals surface area (Å²) in [6.45, 7) is 0. The van der Waals surface area contributed by atoms with Gasteiger partial charge in [-0.15, -0.1) is 17.5 Å². The largest absolute Gasteiger partial charge is 0.332 e. The number of hydrogen-bond acceptors (Lipinski definition) is 1. The molecule has 0 aliphatic heterocycles. The number of fused-ring (bicyclic) bond motifs is 6. The molecule has 6 aromatic rings. The minimum absolute atomic E-state index is 0. The Balaban J connectivity index is 0.00000131. The Kier molecular flexibility index (Phi) is 2.76. The Labute approximate surface area is 151 Å². The summed E-state index contributed by atoms with van der Waals surface area (Å²) in [5, 5.41) is 7.36. The molecule has 4 aromatic carbocycles. The molecule has 3 heteroatoms. The molecule has 2 aromatic heterocycles. The van der Waals surface area contributed by atoms with Gasteiger partial charge in [0, 0.05) is 20.1 Å². The number of aromatic nitrogens is 2. The fraction of sp³-hybridized carbons (Fsp3) is 0. The number of imidazole rings is 1. The maximum Gasteiger partial charge on any atom is 0.0797 e. The molecule has 0 N–H and O–H groups in total. The molecule has 2 heterocycles. The molecule has 0 atom stereocenters. The molecule has 0 aliphatic rings. The molecule has 0 unspecified atom stereocenters. The minimum atomic E-state index is 0. The van der Waals surface area contributed by atoms with Crippen molar-refractivity contribution >= 4 is 49.0 Å². The summed E-state index contributed by atoms with van der Waals surface area (Å²) in [5.74, 6) is 0. The van der Waals surface area contributed by atoms with Crippen LogP contribution in [0.4, 0.5) is 0 Å². The molecule has 6 rings (SSSR count). The van der Waals surface area contributed by atoms with Crippen LogP contribution in [0.3, 0.4) is 0 Å². The summed E-state index contributed by atoms with van der Waals surface area (Å²) in [6, 6.07) is 24.9. The van der Waals surface area contributed by atoms with Crippen molar-refractivity contribution in [2.75, 3.05) is 0 Å². The van der Waals surface area contributed by atoms with Gasteiger partial charge in [-0.3, -0.25) is 4.98 Å². The van der Waals surface area contributed by atoms with Gasteiger partial charge in [0.1, 0.15) is 0 Å². The van der Waals surface area contributed by atoms with Gasteiger partial charge in [-0.05, 0) is 18.3 Å². The summed E-state index contributed by atoms with van der Waals surface area (Å²) < 4.78 is 2.16. The summed E-state index contributed by atoms with van der Waals surface area (Å²) in [4.78, 5) is 4.85. The van der Waals surface area contributed by atoms with Crippen LogP contribution >= 0.6 is 0 Å². The van der Waals surface area contributed by atoms with Crippen LogP contribution in [0.15, 0.2) is 66.9 Å². The van der Waals surface area contributed by atoms with Gasteiger partial charge >= 0.3 is 0 Å². The molecule has 1 radical (unpaired) electrons. The smallest absolute Gasteiger partial charge is 0.0797 e. The normalized spacial score (nSPS) is 11.8. The third kappa shape index (κ3) is 1.61. The van der Waals surface area contributed by atoms with Crippen molar-refractivity contribution in [1.82, 2.24) is 9.38 Å². The summed E-state index contributed by atoms with van der Waals surface area (Å²) in [5.41, 5.74) is 3.14. The average Bonchev–Trinajstić information content (AvgIpc) is 3.18. The van der Waals surface area contributed by atoms with E-state index in [4.69, 9.17) is 4.98 Å². The maximum atomic E-state index is 4.85. The molecule has 0 amide bonds. The van der Waals surface area contributed by atoms with Crippen LogP contribution in [-0.2, 0) is 20.1 Å². The van der Waals surface area contributed by atoms with Crippen LogP contribution in [0, 0.1) is 6.07 Å². The van der Waals surface area contributed by atoms with Crippen LogP contribution < -0.4 is 0 Å². The molecule has 0 spiro atoms. The molecule has 0 saturated heterocycles. The van der Waals surface area contributed by atoms with E-state index in [9.17, 15) is 0 Å². The van der Waals surface area contributed by atoms with Crippen molar-refractivity contribution in [3.63, 3.8) is 0 Å². The summed E-state index contributed by atoms with van der Waals surface area (Å²) in [7, 11) is 0. The van der Waals surface area contributed by atoms with Gasteiger partial charge < -0.3 is 4.40 Å². The quantitative estimate of drug-likeness (QED) is 0.215. The van der Waals surface area contributed by atoms with Gasteiger partial charge in [-0.2, -0.15) is 0 Å². The predicted molar refractivity (Wildman–Crippen MR) is 95.2 cm³/mol. The van der Waals surface area contributed by atoms with E-state index < -0.39 is 0 Å². The molecular weight excluding hydrogens is 472 g/mol. The Hall–Kier alpha value is -2.48. The third-order valence-electron chi connectivity index (χ3n) is 4.82. The zero-order valence-electron chi connectivity index (χ0n) is 12.6. The second kappa shape index (κ2) is 4.76. The number of benzene rings is 3. The Morgan fingerprint density at radius 2 is 1.75 bits per heavy atom. The third-order valence-corrected chi connectivity index (χ3v) is 4.82. The fourth-order valence-corrected chi connectivity index (χ4v) is 3.80. The zero-order valence-corrected chi connectivity index (χ0v) is 15.0. The van der Waals surface area contributed by atoms with Crippen molar-refractivity contribution in [2.24, 2.45) is 0 Å². The zero-order chi connectivity index (χ0) is 15.0. The molecular formula is C21H11IrN2-. The van der Waals surface area contributed by atoms with Gasteiger partial charge in [0.05, 0.1) is 16.7 Å². The van der Waals surface area contributed by atoms with Crippen molar-refractivity contribution in [1.29, 1.82) is 0 Å². The van der Waals surface area contributed by atoms with E-state index in [2.05, 4.69) is 71.3 Å². The Bertz CT molecular complexity index is 1360. The van der Waals surface area contributed by atoms with Crippen molar-refractivity contribution in [3.8, 4) is 0 Å². The summed E-state index contributed by atoms with van der Waals surface area (Å²) in [6.07, 6.45) is 2.12. The first-order valence-electron chi connectivity index (χ1n) is 7.76. The van der Waals surface area contributed by atoms with Crippen LogP contribution in [0.25, 0.3) is 49.0 Å². The van der Waals surface area contributed by atoms with Crippen molar-refractivity contribution in [3.05, 3.63) is 72.9 Å². The first-order chi connectivity index (χ1) is 11.4. The number of nitrogens with zero attached hydrogens (tertiary/aromatic N) is 2. The molecule has 0 fully saturated rings. The molecule has 0 aliphatic carbocycles. The number of para-hydroxylation sites is 2. The van der Waals surface area contributed by atoms with Crippen molar-refractivity contribution < 1.29 is 20.1 Å². The molecule has 0 saturated carbocycles. The minimum Gasteiger partial charge on any atom is -0.332 e. The SMILES string of the molecule is [Ir].[c-]1c2cccc3ccc(c4ccn5c6ccccc6nc5c14)c23. The molecule has 2 nitrogen and oxygen atoms in total. The summed E-state index contributed by atoms with van der Waals surface area (Å²) >= 11 is 0. The van der Waals surface area contributed by atoms with E-state index in [0.717, 1.165) is 27.5 Å². The number of rotatable bonds is 0. The van der Waals surface area contributed by atoms with E-state index in [1.807, 2.05) is 6.07 Å². The Morgan fingerprint density at radius 1 is 0.833 bits per heavy atom. The second-order valence-corrected chi connectivity index (χ2v) is 6.04. The predicted octanol–water partition coefficient (Wildman–Crippen LogP) is 5.18. The van der Waals surface area contributed by atoms with Crippen LogP contribution in [0.2, 0.25) is 0 Å². The first-order valence-corrected chi connectivity index (χ1v) is 7.76. The van der Waals surface area contributed by atoms with Gasteiger partial charge in [0.15, 0.2) is 0 Å². The van der Waals surface area contributed by atoms with Gasteiger partial charge in [-0.25, -0.2) is 0 Å². The standard InChI is InChI=1S/C21H11N2.Ir/c1-2-7-19-18(6-1)22-21-17-12-14-5-3-4-13-8-9-16(20(13)14)15(17)10-11-23(19)21;/h1-11H;/q-1;. The van der Waals surface area contributed by atoms with Crippen LogP contribution in [0.1, 0.15) is 0 Å². The van der Waals surface area contributed by atoms with Crippen LogP contribution in [-0.4, -0.2) is 9.38 Å². The molecule has 24 heavy (non-hydrogen) atoms. The monoisotopic (exact) mass is 484 g/mol. The van der Waals surface area contributed by atoms with E-state index in [0.29, 0.717) is 0 Å². The number of hydrogen-bond donors (Lipinski definition) is 0. The maximum absolute atomic E-state index is 4.85. The van der Waals surface area contributed by atoms with Crippen molar-refractivity contribution in [2.45, 2.75) is 0 Å². The fourth-order valence-electron chi connectivity index (χ4n) is 3.80. The van der Waals surface area contributed by atoms with Crippen LogP contribution in [0.5, 0.6) is 0 Å². The van der Waals surface area contributed by atoms with E-state index in [-0.39, 0.29) is 20.1 Å². The Morgan fingerprint density at radius 3 is 2.71 bits per heavy atom. The van der Waals surface area contributed by atoms with Gasteiger partial charge in [0.25, 0.3) is 0 Å². The van der Waals surface area contributed by atoms with E-state index in [1.165, 1.54) is 21.5 Å². The second-order valence-electron chi connectivity index (χ2n) is 6.04. The van der Waals surface area contributed by atoms with E-state index in [1.54, 1.807) is 0 Å².